The molecule has 1 aromatic heterocycles. The van der Waals surface area contributed by atoms with Crippen molar-refractivity contribution >= 4 is 11.7 Å². The van der Waals surface area contributed by atoms with Crippen molar-refractivity contribution in [1.29, 1.82) is 0 Å². The molecule has 1 aliphatic rings. The van der Waals surface area contributed by atoms with Crippen LogP contribution in [0.5, 0.6) is 5.75 Å². The molecule has 1 amide bonds. The predicted molar refractivity (Wildman–Crippen MR) is 97.0 cm³/mol. The lowest BCUT2D eigenvalue weighted by atomic mass is 10.1. The third-order valence-electron chi connectivity index (χ3n) is 4.75. The van der Waals surface area contributed by atoms with Gasteiger partial charge in [0.05, 0.1) is 11.7 Å². The maximum atomic E-state index is 12.3. The van der Waals surface area contributed by atoms with Crippen LogP contribution >= 0.6 is 0 Å². The highest BCUT2D eigenvalue weighted by molar-refractivity contribution is 5.78. The Kier molecular flexibility index (Phi) is 4.88. The van der Waals surface area contributed by atoms with Crippen LogP contribution in [-0.4, -0.2) is 53.8 Å². The minimum atomic E-state index is -0.0159. The normalized spacial score (nSPS) is 14.2. The molecule has 132 valence electrons. The second-order valence-corrected chi connectivity index (χ2v) is 6.63. The van der Waals surface area contributed by atoms with Crippen LogP contribution < -0.4 is 9.64 Å². The molecule has 0 unspecified atom stereocenters. The molecular weight excluding hydrogens is 316 g/mol. The van der Waals surface area contributed by atoms with E-state index in [0.29, 0.717) is 0 Å². The molecule has 6 nitrogen and oxygen atoms in total. The van der Waals surface area contributed by atoms with Crippen LogP contribution in [0.1, 0.15) is 16.8 Å². The topological polar surface area (TPSA) is 58.6 Å². The Balaban J connectivity index is 1.48. The number of carbonyl (C=O) groups excluding carboxylic acids is 1. The molecule has 0 N–H and O–H groups in total. The zero-order valence-electron chi connectivity index (χ0n) is 15.2. The molecule has 0 saturated carbocycles. The van der Waals surface area contributed by atoms with Gasteiger partial charge in [-0.25, -0.2) is 0 Å². The van der Waals surface area contributed by atoms with Crippen LogP contribution in [-0.2, 0) is 4.79 Å². The molecule has 0 radical (unpaired) electrons. The minimum Gasteiger partial charge on any atom is -0.484 e. The van der Waals surface area contributed by atoms with E-state index in [-0.39, 0.29) is 18.6 Å². The quantitative estimate of drug-likeness (QED) is 0.834. The lowest BCUT2D eigenvalue weighted by molar-refractivity contribution is -0.134. The van der Waals surface area contributed by atoms with Crippen molar-refractivity contribution < 1.29 is 9.53 Å². The molecule has 25 heavy (non-hydrogen) atoms. The van der Waals surface area contributed by atoms with E-state index in [4.69, 9.17) is 4.74 Å². The lowest BCUT2D eigenvalue weighted by Crippen LogP contribution is -2.60. The fourth-order valence-electron chi connectivity index (χ4n) is 2.70. The van der Waals surface area contributed by atoms with Crippen molar-refractivity contribution in [1.82, 2.24) is 15.1 Å². The third kappa shape index (κ3) is 3.90. The summed E-state index contributed by atoms with van der Waals surface area (Å²) in [6, 6.07) is 9.95. The molecule has 0 bridgehead atoms. The summed E-state index contributed by atoms with van der Waals surface area (Å²) in [5.41, 5.74) is 3.27. The van der Waals surface area contributed by atoms with Gasteiger partial charge in [-0.2, -0.15) is 5.10 Å². The molecular formula is C19H24N4O2. The predicted octanol–water partition coefficient (Wildman–Crippen LogP) is 2.13. The van der Waals surface area contributed by atoms with Crippen LogP contribution in [0.2, 0.25) is 0 Å². The summed E-state index contributed by atoms with van der Waals surface area (Å²) < 4.78 is 5.64. The zero-order valence-corrected chi connectivity index (χ0v) is 15.2. The Morgan fingerprint density at radius 1 is 1.16 bits per heavy atom. The summed E-state index contributed by atoms with van der Waals surface area (Å²) in [5.74, 6) is 1.57. The molecule has 2 aromatic rings. The number of hydrogen-bond acceptors (Lipinski definition) is 5. The van der Waals surface area contributed by atoms with Crippen molar-refractivity contribution in [3.63, 3.8) is 0 Å². The second kappa shape index (κ2) is 7.09. The monoisotopic (exact) mass is 340 g/mol. The number of aromatic nitrogens is 2. The van der Waals surface area contributed by atoms with Crippen LogP contribution in [0.15, 0.2) is 30.3 Å². The smallest absolute Gasteiger partial charge is 0.260 e. The van der Waals surface area contributed by atoms with Gasteiger partial charge in [-0.05, 0) is 56.2 Å². The van der Waals surface area contributed by atoms with Gasteiger partial charge in [0.15, 0.2) is 12.4 Å². The number of hydrogen-bond donors (Lipinski definition) is 0. The molecule has 0 spiro atoms. The molecule has 1 aromatic carbocycles. The van der Waals surface area contributed by atoms with Gasteiger partial charge in [-0.3, -0.25) is 4.79 Å². The highest BCUT2D eigenvalue weighted by atomic mass is 16.5. The number of nitrogens with zero attached hydrogens (tertiary/aromatic N) is 4. The highest BCUT2D eigenvalue weighted by Gasteiger charge is 2.33. The van der Waals surface area contributed by atoms with Crippen LogP contribution in [0, 0.1) is 20.8 Å². The lowest BCUT2D eigenvalue weighted by Gasteiger charge is -2.44. The highest BCUT2D eigenvalue weighted by Crippen LogP contribution is 2.21. The number of amides is 1. The van der Waals surface area contributed by atoms with E-state index >= 15 is 0 Å². The van der Waals surface area contributed by atoms with Crippen LogP contribution in [0.4, 0.5) is 5.82 Å². The number of rotatable bonds is 5. The summed E-state index contributed by atoms with van der Waals surface area (Å²) in [6.07, 6.45) is 0. The van der Waals surface area contributed by atoms with E-state index in [1.54, 1.807) is 4.90 Å². The van der Waals surface area contributed by atoms with E-state index in [2.05, 4.69) is 22.0 Å². The van der Waals surface area contributed by atoms with Gasteiger partial charge in [0.25, 0.3) is 5.91 Å². The Bertz CT molecular complexity index is 755. The number of anilines is 1. The Hall–Kier alpha value is -2.63. The van der Waals surface area contributed by atoms with Gasteiger partial charge < -0.3 is 14.5 Å². The van der Waals surface area contributed by atoms with Crippen molar-refractivity contribution in [3.8, 4) is 5.75 Å². The largest absolute Gasteiger partial charge is 0.484 e. The molecule has 2 heterocycles. The molecule has 1 aliphatic heterocycles. The van der Waals surface area contributed by atoms with Crippen molar-refractivity contribution in [2.75, 3.05) is 31.6 Å². The van der Waals surface area contributed by atoms with E-state index in [9.17, 15) is 4.79 Å². The maximum absolute atomic E-state index is 12.3. The van der Waals surface area contributed by atoms with Gasteiger partial charge in [0.1, 0.15) is 5.75 Å². The summed E-state index contributed by atoms with van der Waals surface area (Å²) in [6.45, 7) is 7.59. The minimum absolute atomic E-state index is 0.0159. The number of aryl methyl sites for hydroxylation is 3. The maximum Gasteiger partial charge on any atom is 0.260 e. The molecule has 0 aliphatic carbocycles. The summed E-state index contributed by atoms with van der Waals surface area (Å²) in [7, 11) is 1.83. The van der Waals surface area contributed by atoms with E-state index < -0.39 is 0 Å². The molecule has 6 heteroatoms. The van der Waals surface area contributed by atoms with Crippen LogP contribution in [0.3, 0.4) is 0 Å². The Labute approximate surface area is 148 Å². The van der Waals surface area contributed by atoms with Gasteiger partial charge >= 0.3 is 0 Å². The first kappa shape index (κ1) is 17.2. The average molecular weight is 340 g/mol. The standard InChI is InChI=1S/C19H24N4O2/c1-13-5-7-17(9-14(13)2)25-12-19(24)22(4)16-10-23(11-16)18-8-6-15(3)20-21-18/h5-9,16H,10-12H2,1-4H3. The van der Waals surface area contributed by atoms with Crippen molar-refractivity contribution in [2.45, 2.75) is 26.8 Å². The first-order valence-electron chi connectivity index (χ1n) is 8.45. The van der Waals surface area contributed by atoms with Crippen LogP contribution in [0.25, 0.3) is 0 Å². The number of likely N-dealkylation sites (N-methyl/N-ethyl adjacent to an activating group) is 1. The summed E-state index contributed by atoms with van der Waals surface area (Å²) >= 11 is 0. The number of ether oxygens (including phenoxy) is 1. The fourth-order valence-corrected chi connectivity index (χ4v) is 2.70. The van der Waals surface area contributed by atoms with Crippen molar-refractivity contribution in [3.05, 3.63) is 47.2 Å². The van der Waals surface area contributed by atoms with Gasteiger partial charge in [-0.15, -0.1) is 5.10 Å². The summed E-state index contributed by atoms with van der Waals surface area (Å²) in [4.78, 5) is 16.2. The number of carbonyl (C=O) groups is 1. The van der Waals surface area contributed by atoms with Gasteiger partial charge in [0.2, 0.25) is 0 Å². The van der Waals surface area contributed by atoms with E-state index in [1.165, 1.54) is 5.56 Å². The molecule has 0 atom stereocenters. The SMILES string of the molecule is Cc1ccc(N2CC(N(C)C(=O)COc3ccc(C)c(C)c3)C2)nn1. The average Bonchev–Trinajstić information content (AvgIpc) is 2.56. The fraction of sp³-hybridized carbons (Fsp3) is 0.421. The van der Waals surface area contributed by atoms with E-state index in [0.717, 1.165) is 35.9 Å². The molecule has 1 saturated heterocycles. The summed E-state index contributed by atoms with van der Waals surface area (Å²) in [5, 5.41) is 8.25. The van der Waals surface area contributed by atoms with Gasteiger partial charge in [-0.1, -0.05) is 6.07 Å². The first-order chi connectivity index (χ1) is 11.9. The number of benzene rings is 1. The molecule has 3 rings (SSSR count). The Morgan fingerprint density at radius 3 is 2.56 bits per heavy atom. The zero-order chi connectivity index (χ0) is 18.0. The second-order valence-electron chi connectivity index (χ2n) is 6.63. The van der Waals surface area contributed by atoms with Crippen molar-refractivity contribution in [2.24, 2.45) is 0 Å². The first-order valence-corrected chi connectivity index (χ1v) is 8.45. The third-order valence-corrected chi connectivity index (χ3v) is 4.75. The molecule has 1 fully saturated rings. The van der Waals surface area contributed by atoms with E-state index in [1.807, 2.05) is 51.2 Å². The van der Waals surface area contributed by atoms with Gasteiger partial charge in [0, 0.05) is 20.1 Å². The Morgan fingerprint density at radius 2 is 1.92 bits per heavy atom.